The van der Waals surface area contributed by atoms with Crippen molar-refractivity contribution >= 4 is 55.6 Å². The maximum Gasteiger partial charge on any atom is 0.0538 e. The highest BCUT2D eigenvalue weighted by Gasteiger charge is 2.36. The first kappa shape index (κ1) is 39.2. The molecule has 10 aromatic carbocycles. The third-order valence-electron chi connectivity index (χ3n) is 14.7. The maximum atomic E-state index is 2.47. The van der Waals surface area contributed by atoms with Crippen molar-refractivity contribution in [3.8, 4) is 50.2 Å². The standard InChI is InChI=1S/C65H48N2/c1-65(2)61-41-48(47-31-39-64-60(40-47)59-22-10-11-25-63(59)67(64)49-18-4-3-5-19-49)30-37-57(61)58-38-36-52(42-62(58)65)66(50-32-26-45(27-33-50)55-23-12-16-43-14-6-8-20-53(43)55)51-34-28-46(29-35-51)56-24-13-17-44-15-7-9-21-54(44)56/h3-10,12-24,26-42H,11,25H2,1-2H3. The van der Waals surface area contributed by atoms with Crippen molar-refractivity contribution in [3.63, 3.8) is 0 Å². The van der Waals surface area contributed by atoms with E-state index in [1.54, 1.807) is 0 Å². The number of hydrogen-bond donors (Lipinski definition) is 0. The molecule has 0 aliphatic heterocycles. The van der Waals surface area contributed by atoms with Gasteiger partial charge in [0.25, 0.3) is 0 Å². The van der Waals surface area contributed by atoms with Crippen molar-refractivity contribution in [2.45, 2.75) is 32.1 Å². The summed E-state index contributed by atoms with van der Waals surface area (Å²) in [6, 6.07) is 81.0. The summed E-state index contributed by atoms with van der Waals surface area (Å²) in [4.78, 5) is 2.43. The summed E-state index contributed by atoms with van der Waals surface area (Å²) >= 11 is 0. The Morgan fingerprint density at radius 2 is 0.940 bits per heavy atom. The van der Waals surface area contributed by atoms with E-state index >= 15 is 0 Å². The molecule has 2 aliphatic rings. The Balaban J connectivity index is 0.893. The summed E-state index contributed by atoms with van der Waals surface area (Å²) in [7, 11) is 0. The molecule has 2 heteroatoms. The van der Waals surface area contributed by atoms with E-state index in [4.69, 9.17) is 0 Å². The highest BCUT2D eigenvalue weighted by Crippen LogP contribution is 2.52. The Morgan fingerprint density at radius 3 is 1.60 bits per heavy atom. The summed E-state index contributed by atoms with van der Waals surface area (Å²) in [5.74, 6) is 0. The van der Waals surface area contributed by atoms with Crippen LogP contribution in [0.15, 0.2) is 224 Å². The predicted octanol–water partition coefficient (Wildman–Crippen LogP) is 17.7. The van der Waals surface area contributed by atoms with Gasteiger partial charge < -0.3 is 9.47 Å². The van der Waals surface area contributed by atoms with Gasteiger partial charge >= 0.3 is 0 Å². The molecular weight excluding hydrogens is 809 g/mol. The zero-order valence-corrected chi connectivity index (χ0v) is 37.7. The smallest absolute Gasteiger partial charge is 0.0538 e. The lowest BCUT2D eigenvalue weighted by Crippen LogP contribution is -2.16. The summed E-state index contributed by atoms with van der Waals surface area (Å²) < 4.78 is 2.47. The van der Waals surface area contributed by atoms with Crippen LogP contribution in [0.3, 0.4) is 0 Å². The van der Waals surface area contributed by atoms with E-state index < -0.39 is 0 Å². The van der Waals surface area contributed by atoms with Crippen molar-refractivity contribution in [2.75, 3.05) is 4.90 Å². The first-order valence-corrected chi connectivity index (χ1v) is 23.6. The number of para-hydroxylation sites is 1. The molecule has 0 saturated heterocycles. The van der Waals surface area contributed by atoms with Gasteiger partial charge in [-0.25, -0.2) is 0 Å². The van der Waals surface area contributed by atoms with Crippen molar-refractivity contribution in [2.24, 2.45) is 0 Å². The SMILES string of the molecule is CC1(C)c2cc(-c3ccc4c(c3)c3c(n4-c4ccccc4)CCC=C3)ccc2-c2ccc(N(c3ccc(-c4cccc5ccccc45)cc3)c3ccc(-c4cccc5ccccc45)cc3)cc21. The predicted molar refractivity (Wildman–Crippen MR) is 284 cm³/mol. The van der Waals surface area contributed by atoms with Crippen LogP contribution in [0.5, 0.6) is 0 Å². The molecule has 0 bridgehead atoms. The molecule has 67 heavy (non-hydrogen) atoms. The number of rotatable bonds is 7. The Bertz CT molecular complexity index is 3620. The van der Waals surface area contributed by atoms with Crippen molar-refractivity contribution in [1.82, 2.24) is 4.57 Å². The molecule has 0 spiro atoms. The third-order valence-corrected chi connectivity index (χ3v) is 14.7. The molecule has 0 fully saturated rings. The highest BCUT2D eigenvalue weighted by molar-refractivity contribution is 6.00. The molecule has 0 amide bonds. The number of hydrogen-bond acceptors (Lipinski definition) is 1. The summed E-state index contributed by atoms with van der Waals surface area (Å²) in [6.07, 6.45) is 6.78. The van der Waals surface area contributed by atoms with Gasteiger partial charge in [-0.15, -0.1) is 0 Å². The van der Waals surface area contributed by atoms with Crippen molar-refractivity contribution in [3.05, 3.63) is 247 Å². The number of aromatic nitrogens is 1. The molecule has 0 saturated carbocycles. The number of fused-ring (bicyclic) bond motifs is 8. The van der Waals surface area contributed by atoms with Gasteiger partial charge in [-0.05, 0) is 157 Å². The Kier molecular flexibility index (Phi) is 9.05. The lowest BCUT2D eigenvalue weighted by atomic mass is 9.81. The first-order chi connectivity index (χ1) is 33.0. The van der Waals surface area contributed by atoms with Crippen LogP contribution in [-0.4, -0.2) is 4.57 Å². The highest BCUT2D eigenvalue weighted by atomic mass is 15.1. The summed E-state index contributed by atoms with van der Waals surface area (Å²) in [6.45, 7) is 4.80. The molecule has 0 N–H and O–H groups in total. The van der Waals surface area contributed by atoms with Gasteiger partial charge in [-0.3, -0.25) is 0 Å². The van der Waals surface area contributed by atoms with E-state index in [1.807, 2.05) is 0 Å². The second kappa shape index (κ2) is 15.5. The average Bonchev–Trinajstić information content (AvgIpc) is 3.84. The zero-order chi connectivity index (χ0) is 44.6. The maximum absolute atomic E-state index is 2.47. The molecule has 0 atom stereocenters. The third kappa shape index (κ3) is 6.39. The van der Waals surface area contributed by atoms with Gasteiger partial charge in [0.05, 0.1) is 5.52 Å². The summed E-state index contributed by atoms with van der Waals surface area (Å²) in [5, 5.41) is 6.35. The van der Waals surface area contributed by atoms with E-state index in [2.05, 4.69) is 254 Å². The van der Waals surface area contributed by atoms with Crippen molar-refractivity contribution < 1.29 is 0 Å². The minimum atomic E-state index is -0.221. The Morgan fingerprint density at radius 1 is 0.418 bits per heavy atom. The average molecular weight is 857 g/mol. The van der Waals surface area contributed by atoms with Gasteiger partial charge in [0.2, 0.25) is 0 Å². The minimum Gasteiger partial charge on any atom is -0.313 e. The minimum absolute atomic E-state index is 0.221. The molecule has 1 aromatic heterocycles. The van der Waals surface area contributed by atoms with Crippen LogP contribution in [0.4, 0.5) is 17.1 Å². The number of nitrogens with zero attached hydrogens (tertiary/aromatic N) is 2. The van der Waals surface area contributed by atoms with E-state index in [-0.39, 0.29) is 5.41 Å². The molecule has 2 nitrogen and oxygen atoms in total. The number of benzene rings is 10. The lowest BCUT2D eigenvalue weighted by molar-refractivity contribution is 0.660. The fourth-order valence-corrected chi connectivity index (χ4v) is 11.3. The van der Waals surface area contributed by atoms with Crippen LogP contribution in [0.25, 0.3) is 88.7 Å². The van der Waals surface area contributed by atoms with Gasteiger partial charge in [0.15, 0.2) is 0 Å². The molecule has 318 valence electrons. The van der Waals surface area contributed by atoms with E-state index in [0.29, 0.717) is 0 Å². The normalized spacial score (nSPS) is 13.5. The fraction of sp³-hybridized carbons (Fsp3) is 0.0769. The van der Waals surface area contributed by atoms with Crippen LogP contribution in [0, 0.1) is 0 Å². The van der Waals surface area contributed by atoms with Gasteiger partial charge in [-0.2, -0.15) is 0 Å². The molecule has 1 heterocycles. The molecule has 13 rings (SSSR count). The van der Waals surface area contributed by atoms with E-state index in [1.165, 1.54) is 105 Å². The molecule has 0 unspecified atom stereocenters. The Labute approximate surface area is 392 Å². The van der Waals surface area contributed by atoms with E-state index in [0.717, 1.165) is 29.9 Å². The van der Waals surface area contributed by atoms with Crippen LogP contribution in [0.1, 0.15) is 42.7 Å². The Hall–Kier alpha value is -8.20. The number of allylic oxidation sites excluding steroid dienone is 1. The van der Waals surface area contributed by atoms with E-state index in [9.17, 15) is 0 Å². The second-order valence-corrected chi connectivity index (χ2v) is 18.8. The lowest BCUT2D eigenvalue weighted by Gasteiger charge is -2.28. The zero-order valence-electron chi connectivity index (χ0n) is 37.7. The van der Waals surface area contributed by atoms with Crippen LogP contribution in [-0.2, 0) is 11.8 Å². The van der Waals surface area contributed by atoms with Gasteiger partial charge in [-0.1, -0.05) is 178 Å². The molecule has 2 aliphatic carbocycles. The quantitative estimate of drug-likeness (QED) is 0.155. The largest absolute Gasteiger partial charge is 0.313 e. The molecular formula is C65H48N2. The van der Waals surface area contributed by atoms with Crippen LogP contribution < -0.4 is 4.90 Å². The monoisotopic (exact) mass is 856 g/mol. The second-order valence-electron chi connectivity index (χ2n) is 18.8. The topological polar surface area (TPSA) is 8.17 Å². The van der Waals surface area contributed by atoms with Gasteiger partial charge in [0, 0.05) is 44.8 Å². The van der Waals surface area contributed by atoms with Crippen molar-refractivity contribution in [1.29, 1.82) is 0 Å². The van der Waals surface area contributed by atoms with Crippen LogP contribution in [0.2, 0.25) is 0 Å². The molecule has 11 aromatic rings. The summed E-state index contributed by atoms with van der Waals surface area (Å²) in [5.41, 5.74) is 21.1. The van der Waals surface area contributed by atoms with Gasteiger partial charge in [0.1, 0.15) is 0 Å². The number of anilines is 3. The molecule has 0 radical (unpaired) electrons. The fourth-order valence-electron chi connectivity index (χ4n) is 11.3. The first-order valence-electron chi connectivity index (χ1n) is 23.6. The van der Waals surface area contributed by atoms with Crippen LogP contribution >= 0.6 is 0 Å².